The molecule has 3 heteroatoms. The Morgan fingerprint density at radius 1 is 1.40 bits per heavy atom. The van der Waals surface area contributed by atoms with Crippen molar-refractivity contribution in [3.63, 3.8) is 0 Å². The zero-order valence-electron chi connectivity index (χ0n) is 10.3. The highest BCUT2D eigenvalue weighted by atomic mass is 16.5. The maximum absolute atomic E-state index is 6.04. The lowest BCUT2D eigenvalue weighted by Gasteiger charge is -2.31. The molecule has 1 unspecified atom stereocenters. The molecule has 1 saturated heterocycles. The van der Waals surface area contributed by atoms with Gasteiger partial charge in [-0.05, 0) is 39.2 Å². The van der Waals surface area contributed by atoms with Crippen molar-refractivity contribution in [1.29, 1.82) is 0 Å². The summed E-state index contributed by atoms with van der Waals surface area (Å²) in [5.74, 6) is 0.696. The van der Waals surface area contributed by atoms with E-state index in [0.717, 1.165) is 45.6 Å². The molecule has 0 bridgehead atoms. The van der Waals surface area contributed by atoms with Gasteiger partial charge in [-0.2, -0.15) is 0 Å². The molecule has 1 atom stereocenters. The molecule has 0 aliphatic carbocycles. The van der Waals surface area contributed by atoms with Gasteiger partial charge in [-0.1, -0.05) is 6.92 Å². The quantitative estimate of drug-likeness (QED) is 0.733. The van der Waals surface area contributed by atoms with Crippen LogP contribution in [-0.2, 0) is 9.47 Å². The van der Waals surface area contributed by atoms with Gasteiger partial charge in [0.05, 0.1) is 12.2 Å². The summed E-state index contributed by atoms with van der Waals surface area (Å²) in [5.41, 5.74) is -0.00689. The minimum absolute atomic E-state index is 0.00689. The van der Waals surface area contributed by atoms with Crippen LogP contribution in [0.4, 0.5) is 0 Å². The van der Waals surface area contributed by atoms with Gasteiger partial charge in [-0.15, -0.1) is 0 Å². The molecule has 1 fully saturated rings. The van der Waals surface area contributed by atoms with E-state index in [1.54, 1.807) is 0 Å². The minimum Gasteiger partial charge on any atom is -0.381 e. The van der Waals surface area contributed by atoms with Crippen LogP contribution in [0.3, 0.4) is 0 Å². The number of rotatable bonds is 6. The molecule has 0 radical (unpaired) electrons. The Balaban J connectivity index is 2.25. The highest BCUT2D eigenvalue weighted by Gasteiger charge is 2.24. The third kappa shape index (κ3) is 4.49. The lowest BCUT2D eigenvalue weighted by Crippen LogP contribution is -2.40. The van der Waals surface area contributed by atoms with E-state index in [9.17, 15) is 0 Å². The van der Waals surface area contributed by atoms with Crippen molar-refractivity contribution in [2.45, 2.75) is 38.7 Å². The molecule has 1 N–H and O–H groups in total. The topological polar surface area (TPSA) is 30.5 Å². The van der Waals surface area contributed by atoms with Crippen LogP contribution in [0.2, 0.25) is 0 Å². The van der Waals surface area contributed by atoms with Crippen LogP contribution in [0.25, 0.3) is 0 Å². The summed E-state index contributed by atoms with van der Waals surface area (Å²) in [5, 5.41) is 3.20. The first-order valence-electron chi connectivity index (χ1n) is 6.06. The first kappa shape index (κ1) is 12.9. The Kier molecular flexibility index (Phi) is 5.58. The fraction of sp³-hybridized carbons (Fsp3) is 1.00. The summed E-state index contributed by atoms with van der Waals surface area (Å²) in [4.78, 5) is 0. The van der Waals surface area contributed by atoms with E-state index >= 15 is 0 Å². The maximum Gasteiger partial charge on any atom is 0.0775 e. The molecule has 0 aromatic carbocycles. The lowest BCUT2D eigenvalue weighted by atomic mass is 9.99. The highest BCUT2D eigenvalue weighted by Crippen LogP contribution is 2.20. The first-order chi connectivity index (χ1) is 7.20. The normalized spacial score (nSPS) is 22.6. The van der Waals surface area contributed by atoms with Gasteiger partial charge >= 0.3 is 0 Å². The van der Waals surface area contributed by atoms with Crippen LogP contribution in [-0.4, -0.2) is 39.0 Å². The van der Waals surface area contributed by atoms with Crippen LogP contribution in [0, 0.1) is 5.92 Å². The Morgan fingerprint density at radius 2 is 2.07 bits per heavy atom. The van der Waals surface area contributed by atoms with Crippen LogP contribution in [0.5, 0.6) is 0 Å². The Bertz CT molecular complexity index is 169. The number of likely N-dealkylation sites (N-methyl/N-ethyl adjacent to an activating group) is 1. The lowest BCUT2D eigenvalue weighted by molar-refractivity contribution is -0.0652. The van der Waals surface area contributed by atoms with Gasteiger partial charge in [0.25, 0.3) is 0 Å². The van der Waals surface area contributed by atoms with E-state index in [1.807, 2.05) is 7.05 Å². The molecule has 3 nitrogen and oxygen atoms in total. The highest BCUT2D eigenvalue weighted by molar-refractivity contribution is 4.76. The predicted molar refractivity (Wildman–Crippen MR) is 62.1 cm³/mol. The van der Waals surface area contributed by atoms with Crippen LogP contribution >= 0.6 is 0 Å². The monoisotopic (exact) mass is 215 g/mol. The maximum atomic E-state index is 6.04. The molecule has 0 spiro atoms. The van der Waals surface area contributed by atoms with Crippen LogP contribution in [0.1, 0.15) is 33.1 Å². The predicted octanol–water partition coefficient (Wildman–Crippen LogP) is 1.82. The first-order valence-corrected chi connectivity index (χ1v) is 6.06. The molecule has 90 valence electrons. The standard InChI is InChI=1S/C12H25NO2/c1-4-12(2,10-13-3)15-9-11-5-7-14-8-6-11/h11,13H,4-10H2,1-3H3. The van der Waals surface area contributed by atoms with Crippen molar-refractivity contribution >= 4 is 0 Å². The molecular formula is C12H25NO2. The number of ether oxygens (including phenoxy) is 2. The summed E-state index contributed by atoms with van der Waals surface area (Å²) in [6.45, 7) is 7.98. The van der Waals surface area contributed by atoms with Gasteiger partial charge in [-0.25, -0.2) is 0 Å². The molecule has 1 rings (SSSR count). The Hall–Kier alpha value is -0.120. The SMILES string of the molecule is CCC(C)(CNC)OCC1CCOCC1. The van der Waals surface area contributed by atoms with Gasteiger partial charge < -0.3 is 14.8 Å². The zero-order chi connectivity index (χ0) is 11.1. The molecule has 15 heavy (non-hydrogen) atoms. The van der Waals surface area contributed by atoms with Crippen molar-refractivity contribution in [3.05, 3.63) is 0 Å². The third-order valence-electron chi connectivity index (χ3n) is 3.31. The van der Waals surface area contributed by atoms with E-state index in [2.05, 4.69) is 19.2 Å². The summed E-state index contributed by atoms with van der Waals surface area (Å²) in [7, 11) is 1.98. The zero-order valence-corrected chi connectivity index (χ0v) is 10.3. The molecule has 1 heterocycles. The van der Waals surface area contributed by atoms with E-state index in [4.69, 9.17) is 9.47 Å². The minimum atomic E-state index is -0.00689. The largest absolute Gasteiger partial charge is 0.381 e. The third-order valence-corrected chi connectivity index (χ3v) is 3.31. The second kappa shape index (κ2) is 6.46. The smallest absolute Gasteiger partial charge is 0.0775 e. The van der Waals surface area contributed by atoms with Crippen molar-refractivity contribution in [3.8, 4) is 0 Å². The number of hydrogen-bond donors (Lipinski definition) is 1. The van der Waals surface area contributed by atoms with Crippen molar-refractivity contribution in [2.24, 2.45) is 5.92 Å². The summed E-state index contributed by atoms with van der Waals surface area (Å²) >= 11 is 0. The van der Waals surface area contributed by atoms with Crippen molar-refractivity contribution < 1.29 is 9.47 Å². The second-order valence-electron chi connectivity index (χ2n) is 4.70. The second-order valence-corrected chi connectivity index (χ2v) is 4.70. The van der Waals surface area contributed by atoms with E-state index < -0.39 is 0 Å². The number of hydrogen-bond acceptors (Lipinski definition) is 3. The van der Waals surface area contributed by atoms with Crippen LogP contribution in [0.15, 0.2) is 0 Å². The Morgan fingerprint density at radius 3 is 2.60 bits per heavy atom. The van der Waals surface area contributed by atoms with E-state index in [0.29, 0.717) is 5.92 Å². The van der Waals surface area contributed by atoms with Gasteiger partial charge in [0.1, 0.15) is 0 Å². The van der Waals surface area contributed by atoms with Crippen LogP contribution < -0.4 is 5.32 Å². The van der Waals surface area contributed by atoms with Gasteiger partial charge in [0.15, 0.2) is 0 Å². The van der Waals surface area contributed by atoms with Gasteiger partial charge in [-0.3, -0.25) is 0 Å². The average Bonchev–Trinajstić information content (AvgIpc) is 2.28. The molecule has 1 aliphatic rings. The number of nitrogens with one attached hydrogen (secondary N) is 1. The average molecular weight is 215 g/mol. The Labute approximate surface area is 93.5 Å². The fourth-order valence-corrected chi connectivity index (χ4v) is 1.88. The summed E-state index contributed by atoms with van der Waals surface area (Å²) in [6.07, 6.45) is 3.36. The van der Waals surface area contributed by atoms with E-state index in [1.165, 1.54) is 0 Å². The van der Waals surface area contributed by atoms with Gasteiger partial charge in [0, 0.05) is 19.8 Å². The molecular weight excluding hydrogens is 190 g/mol. The molecule has 1 aliphatic heterocycles. The van der Waals surface area contributed by atoms with E-state index in [-0.39, 0.29) is 5.60 Å². The summed E-state index contributed by atoms with van der Waals surface area (Å²) in [6, 6.07) is 0. The molecule has 0 amide bonds. The molecule has 0 saturated carbocycles. The van der Waals surface area contributed by atoms with Crippen molar-refractivity contribution in [1.82, 2.24) is 5.32 Å². The van der Waals surface area contributed by atoms with Gasteiger partial charge in [0.2, 0.25) is 0 Å². The fourth-order valence-electron chi connectivity index (χ4n) is 1.88. The molecule has 0 aromatic heterocycles. The van der Waals surface area contributed by atoms with Crippen molar-refractivity contribution in [2.75, 3.05) is 33.4 Å². The molecule has 0 aromatic rings. The summed E-state index contributed by atoms with van der Waals surface area (Å²) < 4.78 is 11.4.